The molecule has 0 fully saturated rings. The van der Waals surface area contributed by atoms with E-state index in [0.717, 1.165) is 16.8 Å². The smallest absolute Gasteiger partial charge is 0.240 e. The Morgan fingerprint density at radius 3 is 2.67 bits per heavy atom. The number of hydrogen-bond donors (Lipinski definition) is 2. The molecule has 6 heteroatoms. The van der Waals surface area contributed by atoms with Gasteiger partial charge in [0.25, 0.3) is 0 Å². The normalized spacial score (nSPS) is 10.7. The topological polar surface area (TPSA) is 76.4 Å². The number of hydrogen-bond acceptors (Lipinski definition) is 4. The molecule has 0 aliphatic heterocycles. The van der Waals surface area contributed by atoms with Crippen molar-refractivity contribution in [3.05, 3.63) is 60.4 Å². The van der Waals surface area contributed by atoms with Crippen LogP contribution in [-0.4, -0.2) is 33.7 Å². The van der Waals surface area contributed by atoms with E-state index in [-0.39, 0.29) is 32.2 Å². The third kappa shape index (κ3) is 3.72. The van der Waals surface area contributed by atoms with E-state index in [1.165, 1.54) is 0 Å². The Bertz CT molecular complexity index is 815. The van der Waals surface area contributed by atoms with Gasteiger partial charge in [-0.1, -0.05) is 30.3 Å². The van der Waals surface area contributed by atoms with Crippen LogP contribution >= 0.6 is 0 Å². The minimum absolute atomic E-state index is 0.0829. The van der Waals surface area contributed by atoms with E-state index >= 15 is 0 Å². The molecule has 0 saturated heterocycles. The van der Waals surface area contributed by atoms with Gasteiger partial charge in [0.05, 0.1) is 17.6 Å². The van der Waals surface area contributed by atoms with Crippen LogP contribution in [0.15, 0.2) is 54.6 Å². The second kappa shape index (κ2) is 7.61. The molecule has 0 unspecified atom stereocenters. The molecule has 3 rings (SSSR count). The highest BCUT2D eigenvalue weighted by atomic mass is 16.5. The van der Waals surface area contributed by atoms with E-state index in [4.69, 9.17) is 9.84 Å². The standard InChI is InChI=1S/C18H19N3O3/c22-11-10-19-18(23)12-21-16-9-5-4-8-15(16)20-17(21)13-24-14-6-2-1-3-7-14/h1-9,22H,10-13H2,(H,19,23). The fraction of sp³-hybridized carbons (Fsp3) is 0.222. The summed E-state index contributed by atoms with van der Waals surface area (Å²) in [4.78, 5) is 16.6. The van der Waals surface area contributed by atoms with Crippen molar-refractivity contribution < 1.29 is 14.6 Å². The molecule has 0 bridgehead atoms. The number of aliphatic hydroxyl groups is 1. The zero-order valence-corrected chi connectivity index (χ0v) is 13.2. The van der Waals surface area contributed by atoms with Crippen molar-refractivity contribution in [3.8, 4) is 5.75 Å². The molecule has 1 heterocycles. The summed E-state index contributed by atoms with van der Waals surface area (Å²) in [6.07, 6.45) is 0. The summed E-state index contributed by atoms with van der Waals surface area (Å²) < 4.78 is 7.61. The van der Waals surface area contributed by atoms with E-state index < -0.39 is 0 Å². The highest BCUT2D eigenvalue weighted by molar-refractivity contribution is 5.81. The van der Waals surface area contributed by atoms with Crippen LogP contribution in [0.4, 0.5) is 0 Å². The molecule has 0 radical (unpaired) electrons. The third-order valence-electron chi connectivity index (χ3n) is 3.58. The van der Waals surface area contributed by atoms with Gasteiger partial charge < -0.3 is 19.7 Å². The number of carbonyl (C=O) groups excluding carboxylic acids is 1. The number of aliphatic hydroxyl groups excluding tert-OH is 1. The summed E-state index contributed by atoms with van der Waals surface area (Å²) in [7, 11) is 0. The first-order valence-corrected chi connectivity index (χ1v) is 7.77. The quantitative estimate of drug-likeness (QED) is 0.693. The van der Waals surface area contributed by atoms with E-state index in [0.29, 0.717) is 5.82 Å². The van der Waals surface area contributed by atoms with E-state index in [2.05, 4.69) is 10.3 Å². The van der Waals surface area contributed by atoms with Crippen LogP contribution in [0.2, 0.25) is 0 Å². The molecular formula is C18H19N3O3. The lowest BCUT2D eigenvalue weighted by Gasteiger charge is -2.10. The number of ether oxygens (including phenoxy) is 1. The van der Waals surface area contributed by atoms with Crippen LogP contribution in [0.3, 0.4) is 0 Å². The van der Waals surface area contributed by atoms with Crippen LogP contribution in [0.25, 0.3) is 11.0 Å². The molecule has 0 atom stereocenters. The molecular weight excluding hydrogens is 306 g/mol. The Kier molecular flexibility index (Phi) is 5.08. The minimum Gasteiger partial charge on any atom is -0.486 e. The molecule has 24 heavy (non-hydrogen) atoms. The fourth-order valence-corrected chi connectivity index (χ4v) is 2.47. The van der Waals surface area contributed by atoms with E-state index in [1.807, 2.05) is 59.2 Å². The molecule has 2 N–H and O–H groups in total. The monoisotopic (exact) mass is 325 g/mol. The number of nitrogens with zero attached hydrogens (tertiary/aromatic N) is 2. The summed E-state index contributed by atoms with van der Waals surface area (Å²) in [6.45, 7) is 0.557. The van der Waals surface area contributed by atoms with Crippen LogP contribution in [0.1, 0.15) is 5.82 Å². The average molecular weight is 325 g/mol. The molecule has 0 spiro atoms. The van der Waals surface area contributed by atoms with Crippen molar-refractivity contribution in [2.24, 2.45) is 0 Å². The second-order valence-corrected chi connectivity index (χ2v) is 5.28. The van der Waals surface area contributed by atoms with Crippen LogP contribution in [0.5, 0.6) is 5.75 Å². The Labute approximate surface area is 139 Å². The lowest BCUT2D eigenvalue weighted by atomic mass is 10.3. The zero-order chi connectivity index (χ0) is 16.8. The van der Waals surface area contributed by atoms with Crippen LogP contribution in [0, 0.1) is 0 Å². The number of rotatable bonds is 7. The highest BCUT2D eigenvalue weighted by Gasteiger charge is 2.14. The second-order valence-electron chi connectivity index (χ2n) is 5.28. The molecule has 2 aromatic carbocycles. The maximum absolute atomic E-state index is 12.0. The van der Waals surface area contributed by atoms with Crippen LogP contribution in [-0.2, 0) is 17.9 Å². The van der Waals surface area contributed by atoms with Gasteiger partial charge in [-0.3, -0.25) is 4.79 Å². The first kappa shape index (κ1) is 16.0. The maximum Gasteiger partial charge on any atom is 0.240 e. The van der Waals surface area contributed by atoms with Crippen LogP contribution < -0.4 is 10.1 Å². The molecule has 0 aliphatic carbocycles. The number of aromatic nitrogens is 2. The molecule has 6 nitrogen and oxygen atoms in total. The summed E-state index contributed by atoms with van der Waals surface area (Å²) >= 11 is 0. The SMILES string of the molecule is O=C(Cn1c(COc2ccccc2)nc2ccccc21)NCCO. The summed E-state index contributed by atoms with van der Waals surface area (Å²) in [5.74, 6) is 1.26. The number of amides is 1. The minimum atomic E-state index is -0.173. The third-order valence-corrected chi connectivity index (χ3v) is 3.58. The number of imidazole rings is 1. The molecule has 0 aliphatic rings. The first-order valence-electron chi connectivity index (χ1n) is 7.77. The van der Waals surface area contributed by atoms with Gasteiger partial charge in [-0.2, -0.15) is 0 Å². The Hall–Kier alpha value is -2.86. The first-order chi connectivity index (χ1) is 11.8. The molecule has 1 amide bonds. The number of benzene rings is 2. The van der Waals surface area contributed by atoms with Gasteiger partial charge in [0.15, 0.2) is 0 Å². The van der Waals surface area contributed by atoms with Crippen molar-refractivity contribution in [1.82, 2.24) is 14.9 Å². The predicted octanol–water partition coefficient (Wildman–Crippen LogP) is 1.72. The van der Waals surface area contributed by atoms with Gasteiger partial charge in [0.1, 0.15) is 24.7 Å². The Morgan fingerprint density at radius 2 is 1.88 bits per heavy atom. The molecule has 0 saturated carbocycles. The number of carbonyl (C=O) groups is 1. The summed E-state index contributed by atoms with van der Waals surface area (Å²) in [5.41, 5.74) is 1.70. The average Bonchev–Trinajstić information content (AvgIpc) is 2.97. The van der Waals surface area contributed by atoms with Crippen molar-refractivity contribution in [2.75, 3.05) is 13.2 Å². The van der Waals surface area contributed by atoms with Crippen molar-refractivity contribution >= 4 is 16.9 Å². The molecule has 3 aromatic rings. The largest absolute Gasteiger partial charge is 0.486 e. The lowest BCUT2D eigenvalue weighted by molar-refractivity contribution is -0.121. The van der Waals surface area contributed by atoms with Gasteiger partial charge in [-0.25, -0.2) is 4.98 Å². The number of nitrogens with one attached hydrogen (secondary N) is 1. The van der Waals surface area contributed by atoms with E-state index in [1.54, 1.807) is 0 Å². The maximum atomic E-state index is 12.0. The highest BCUT2D eigenvalue weighted by Crippen LogP contribution is 2.18. The van der Waals surface area contributed by atoms with Gasteiger partial charge >= 0.3 is 0 Å². The molecule has 1 aromatic heterocycles. The lowest BCUT2D eigenvalue weighted by Crippen LogP contribution is -2.30. The zero-order valence-electron chi connectivity index (χ0n) is 13.2. The van der Waals surface area contributed by atoms with Crippen molar-refractivity contribution in [1.29, 1.82) is 0 Å². The van der Waals surface area contributed by atoms with Crippen molar-refractivity contribution in [2.45, 2.75) is 13.2 Å². The van der Waals surface area contributed by atoms with Gasteiger partial charge in [0.2, 0.25) is 5.91 Å². The summed E-state index contributed by atoms with van der Waals surface area (Å²) in [6, 6.07) is 17.1. The fourth-order valence-electron chi connectivity index (χ4n) is 2.47. The van der Waals surface area contributed by atoms with E-state index in [9.17, 15) is 4.79 Å². The van der Waals surface area contributed by atoms with Gasteiger partial charge in [-0.15, -0.1) is 0 Å². The number of fused-ring (bicyclic) bond motifs is 1. The van der Waals surface area contributed by atoms with Gasteiger partial charge in [0, 0.05) is 6.54 Å². The molecule has 124 valence electrons. The Balaban J connectivity index is 1.83. The predicted molar refractivity (Wildman–Crippen MR) is 90.6 cm³/mol. The summed E-state index contributed by atoms with van der Waals surface area (Å²) in [5, 5.41) is 11.5. The van der Waals surface area contributed by atoms with Gasteiger partial charge in [-0.05, 0) is 24.3 Å². The number of para-hydroxylation sites is 3. The van der Waals surface area contributed by atoms with Crippen molar-refractivity contribution in [3.63, 3.8) is 0 Å². The Morgan fingerprint density at radius 1 is 1.12 bits per heavy atom.